The smallest absolute Gasteiger partial charge is 0.272 e. The van der Waals surface area contributed by atoms with Crippen molar-refractivity contribution in [2.45, 2.75) is 6.54 Å². The van der Waals surface area contributed by atoms with Gasteiger partial charge in [0.25, 0.3) is 11.6 Å². The lowest BCUT2D eigenvalue weighted by molar-refractivity contribution is -0.384. The van der Waals surface area contributed by atoms with Gasteiger partial charge in [0.1, 0.15) is 23.1 Å². The number of benzene rings is 3. The highest BCUT2D eigenvalue weighted by Gasteiger charge is 2.19. The number of non-ortho nitro benzene ring substituents is 1. The number of fused-ring (bicyclic) bond motifs is 1. The molecule has 156 valence electrons. The molecule has 1 amide bonds. The van der Waals surface area contributed by atoms with E-state index < -0.39 is 28.3 Å². The molecular formula is C22H14F3N3O3. The SMILES string of the molecule is O=C(Nc1ccc(F)cc1)c1cc2cc([N+](=O)[O-])ccc2n1Cc1ccc(F)cc1F. The van der Waals surface area contributed by atoms with Gasteiger partial charge in [-0.25, -0.2) is 13.2 Å². The number of nitrogens with one attached hydrogen (secondary N) is 1. The van der Waals surface area contributed by atoms with E-state index in [0.29, 0.717) is 16.6 Å². The molecule has 0 aliphatic carbocycles. The number of aromatic nitrogens is 1. The predicted molar refractivity (Wildman–Crippen MR) is 108 cm³/mol. The number of hydrogen-bond acceptors (Lipinski definition) is 3. The molecular weight excluding hydrogens is 411 g/mol. The Morgan fingerprint density at radius 2 is 1.65 bits per heavy atom. The Labute approximate surface area is 173 Å². The van der Waals surface area contributed by atoms with E-state index in [0.717, 1.165) is 12.1 Å². The molecule has 1 N–H and O–H groups in total. The van der Waals surface area contributed by atoms with E-state index >= 15 is 0 Å². The standard InChI is InChI=1S/C22H14F3N3O3/c23-15-3-5-17(6-4-15)26-22(29)21-10-14-9-18(28(30)31)7-8-20(14)27(21)12-13-1-2-16(24)11-19(13)25/h1-11H,12H2,(H,26,29). The Balaban J connectivity index is 1.79. The molecule has 0 fully saturated rings. The zero-order valence-corrected chi connectivity index (χ0v) is 15.8. The third-order valence-corrected chi connectivity index (χ3v) is 4.77. The third-order valence-electron chi connectivity index (χ3n) is 4.77. The van der Waals surface area contributed by atoms with E-state index in [9.17, 15) is 28.1 Å². The number of rotatable bonds is 5. The van der Waals surface area contributed by atoms with E-state index in [4.69, 9.17) is 0 Å². The summed E-state index contributed by atoms with van der Waals surface area (Å²) in [6, 6.07) is 13.7. The number of anilines is 1. The van der Waals surface area contributed by atoms with Crippen LogP contribution < -0.4 is 5.32 Å². The van der Waals surface area contributed by atoms with Crippen molar-refractivity contribution in [3.05, 3.63) is 106 Å². The van der Waals surface area contributed by atoms with Crippen molar-refractivity contribution in [1.29, 1.82) is 0 Å². The fourth-order valence-corrected chi connectivity index (χ4v) is 3.28. The maximum Gasteiger partial charge on any atom is 0.272 e. The number of hydrogen-bond donors (Lipinski definition) is 1. The van der Waals surface area contributed by atoms with Crippen molar-refractivity contribution in [1.82, 2.24) is 4.57 Å². The average Bonchev–Trinajstić information content (AvgIpc) is 3.09. The summed E-state index contributed by atoms with van der Waals surface area (Å²) in [4.78, 5) is 23.5. The molecule has 0 spiro atoms. The highest BCUT2D eigenvalue weighted by molar-refractivity contribution is 6.06. The third kappa shape index (κ3) is 4.11. The van der Waals surface area contributed by atoms with Crippen LogP contribution in [0.3, 0.4) is 0 Å². The first-order valence-electron chi connectivity index (χ1n) is 9.10. The molecule has 4 rings (SSSR count). The van der Waals surface area contributed by atoms with Crippen molar-refractivity contribution in [3.63, 3.8) is 0 Å². The highest BCUT2D eigenvalue weighted by atomic mass is 19.1. The van der Waals surface area contributed by atoms with Crippen LogP contribution in [0.5, 0.6) is 0 Å². The first-order valence-corrected chi connectivity index (χ1v) is 9.10. The molecule has 3 aromatic carbocycles. The van der Waals surface area contributed by atoms with Crippen molar-refractivity contribution in [3.8, 4) is 0 Å². The summed E-state index contributed by atoms with van der Waals surface area (Å²) < 4.78 is 42.1. The van der Waals surface area contributed by atoms with E-state index in [-0.39, 0.29) is 23.5 Å². The molecule has 0 radical (unpaired) electrons. The van der Waals surface area contributed by atoms with Crippen LogP contribution in [-0.4, -0.2) is 15.4 Å². The van der Waals surface area contributed by atoms with Crippen LogP contribution >= 0.6 is 0 Å². The summed E-state index contributed by atoms with van der Waals surface area (Å²) >= 11 is 0. The minimum atomic E-state index is -0.784. The molecule has 9 heteroatoms. The zero-order chi connectivity index (χ0) is 22.1. The van der Waals surface area contributed by atoms with Gasteiger partial charge in [0.2, 0.25) is 0 Å². The van der Waals surface area contributed by atoms with Gasteiger partial charge in [-0.05, 0) is 42.5 Å². The second-order valence-corrected chi connectivity index (χ2v) is 6.81. The second kappa shape index (κ2) is 7.94. The molecule has 1 heterocycles. The average molecular weight is 425 g/mol. The Hall–Kier alpha value is -4.14. The maximum absolute atomic E-state index is 14.3. The summed E-state index contributed by atoms with van der Waals surface area (Å²) in [5.41, 5.74) is 0.862. The molecule has 0 unspecified atom stereocenters. The molecule has 1 aromatic heterocycles. The van der Waals surface area contributed by atoms with Crippen LogP contribution in [0.15, 0.2) is 66.7 Å². The number of carbonyl (C=O) groups excluding carboxylic acids is 1. The van der Waals surface area contributed by atoms with Crippen LogP contribution in [0.2, 0.25) is 0 Å². The molecule has 0 saturated heterocycles. The zero-order valence-electron chi connectivity index (χ0n) is 15.8. The van der Waals surface area contributed by atoms with Crippen LogP contribution in [0.4, 0.5) is 24.5 Å². The topological polar surface area (TPSA) is 77.2 Å². The quantitative estimate of drug-likeness (QED) is 0.350. The number of carbonyl (C=O) groups is 1. The minimum absolute atomic E-state index is 0.101. The van der Waals surface area contributed by atoms with Crippen molar-refractivity contribution in [2.24, 2.45) is 0 Å². The molecule has 0 bridgehead atoms. The molecule has 31 heavy (non-hydrogen) atoms. The lowest BCUT2D eigenvalue weighted by Crippen LogP contribution is -2.18. The monoisotopic (exact) mass is 425 g/mol. The fraction of sp³-hybridized carbons (Fsp3) is 0.0455. The van der Waals surface area contributed by atoms with Crippen LogP contribution in [0, 0.1) is 27.6 Å². The molecule has 0 aliphatic heterocycles. The number of amides is 1. The van der Waals surface area contributed by atoms with E-state index in [1.807, 2.05) is 0 Å². The Kier molecular flexibility index (Phi) is 5.16. The highest BCUT2D eigenvalue weighted by Crippen LogP contribution is 2.27. The van der Waals surface area contributed by atoms with Gasteiger partial charge in [-0.15, -0.1) is 0 Å². The van der Waals surface area contributed by atoms with Gasteiger partial charge in [0.05, 0.1) is 11.5 Å². The lowest BCUT2D eigenvalue weighted by atomic mass is 10.2. The van der Waals surface area contributed by atoms with Crippen molar-refractivity contribution in [2.75, 3.05) is 5.32 Å². The Bertz CT molecular complexity index is 1320. The van der Waals surface area contributed by atoms with Crippen LogP contribution in [0.1, 0.15) is 16.1 Å². The Morgan fingerprint density at radius 3 is 2.32 bits per heavy atom. The Morgan fingerprint density at radius 1 is 0.935 bits per heavy atom. The van der Waals surface area contributed by atoms with Gasteiger partial charge in [-0.2, -0.15) is 0 Å². The fourth-order valence-electron chi connectivity index (χ4n) is 3.28. The first-order chi connectivity index (χ1) is 14.8. The van der Waals surface area contributed by atoms with E-state index in [1.54, 1.807) is 0 Å². The van der Waals surface area contributed by atoms with Gasteiger partial charge in [-0.3, -0.25) is 14.9 Å². The summed E-state index contributed by atoms with van der Waals surface area (Å²) in [5, 5.41) is 14.1. The number of nitro benzene ring substituents is 1. The molecule has 4 aromatic rings. The van der Waals surface area contributed by atoms with Crippen LogP contribution in [-0.2, 0) is 6.54 Å². The molecule has 6 nitrogen and oxygen atoms in total. The van der Waals surface area contributed by atoms with Gasteiger partial charge in [-0.1, -0.05) is 6.07 Å². The number of halogens is 3. The lowest BCUT2D eigenvalue weighted by Gasteiger charge is -2.12. The number of nitro groups is 1. The van der Waals surface area contributed by atoms with Gasteiger partial charge in [0.15, 0.2) is 0 Å². The van der Waals surface area contributed by atoms with Crippen molar-refractivity contribution >= 4 is 28.2 Å². The van der Waals surface area contributed by atoms with Crippen LogP contribution in [0.25, 0.3) is 10.9 Å². The molecule has 0 atom stereocenters. The van der Waals surface area contributed by atoms with E-state index in [1.165, 1.54) is 59.2 Å². The second-order valence-electron chi connectivity index (χ2n) is 6.81. The summed E-state index contributed by atoms with van der Waals surface area (Å²) in [6.07, 6.45) is 0. The molecule has 0 aliphatic rings. The van der Waals surface area contributed by atoms with Gasteiger partial charge >= 0.3 is 0 Å². The van der Waals surface area contributed by atoms with Gasteiger partial charge in [0, 0.05) is 40.4 Å². The first kappa shape index (κ1) is 20.1. The normalized spacial score (nSPS) is 10.9. The van der Waals surface area contributed by atoms with E-state index in [2.05, 4.69) is 5.32 Å². The van der Waals surface area contributed by atoms with Gasteiger partial charge < -0.3 is 9.88 Å². The summed E-state index contributed by atoms with van der Waals surface area (Å²) in [7, 11) is 0. The summed E-state index contributed by atoms with van der Waals surface area (Å²) in [5.74, 6) is -2.56. The maximum atomic E-state index is 14.3. The summed E-state index contributed by atoms with van der Waals surface area (Å²) in [6.45, 7) is -0.112. The largest absolute Gasteiger partial charge is 0.332 e. The molecule has 0 saturated carbocycles. The van der Waals surface area contributed by atoms with Crippen molar-refractivity contribution < 1.29 is 22.9 Å². The minimum Gasteiger partial charge on any atom is -0.332 e. The number of nitrogens with zero attached hydrogens (tertiary/aromatic N) is 2. The predicted octanol–water partition coefficient (Wildman–Crippen LogP) is 5.27.